The van der Waals surface area contributed by atoms with Crippen LogP contribution >= 0.6 is 0 Å². The van der Waals surface area contributed by atoms with Gasteiger partial charge in [-0.05, 0) is 32.1 Å². The minimum Gasteiger partial charge on any atom is -0.461 e. The van der Waals surface area contributed by atoms with E-state index < -0.39 is 0 Å². The van der Waals surface area contributed by atoms with Gasteiger partial charge in [-0.15, -0.1) is 0 Å². The van der Waals surface area contributed by atoms with Crippen LogP contribution in [-0.2, 0) is 4.74 Å². The SMILES string of the molecule is CCOC(=O)c1cn2c(n1)NCCC2C1CCCC1. The molecule has 1 aromatic heterocycles. The molecule has 104 valence electrons. The minimum atomic E-state index is -0.323. The van der Waals surface area contributed by atoms with Gasteiger partial charge in [0.15, 0.2) is 5.69 Å². The molecule has 1 aliphatic carbocycles. The summed E-state index contributed by atoms with van der Waals surface area (Å²) < 4.78 is 7.18. The Morgan fingerprint density at radius 3 is 3.00 bits per heavy atom. The van der Waals surface area contributed by atoms with E-state index in [0.29, 0.717) is 18.3 Å². The predicted octanol–water partition coefficient (Wildman–Crippen LogP) is 2.61. The molecule has 1 saturated carbocycles. The Morgan fingerprint density at radius 2 is 2.26 bits per heavy atom. The first-order valence-corrected chi connectivity index (χ1v) is 7.29. The van der Waals surface area contributed by atoms with Crippen molar-refractivity contribution in [2.24, 2.45) is 5.92 Å². The molecule has 2 aliphatic rings. The first-order chi connectivity index (χ1) is 9.29. The summed E-state index contributed by atoms with van der Waals surface area (Å²) in [5.74, 6) is 1.24. The molecule has 0 saturated heterocycles. The summed E-state index contributed by atoms with van der Waals surface area (Å²) in [4.78, 5) is 16.1. The van der Waals surface area contributed by atoms with E-state index in [9.17, 15) is 4.79 Å². The largest absolute Gasteiger partial charge is 0.461 e. The Morgan fingerprint density at radius 1 is 1.47 bits per heavy atom. The van der Waals surface area contributed by atoms with E-state index in [-0.39, 0.29) is 5.97 Å². The average molecular weight is 263 g/mol. The summed E-state index contributed by atoms with van der Waals surface area (Å²) in [5, 5.41) is 3.28. The third-order valence-corrected chi connectivity index (χ3v) is 4.24. The fourth-order valence-electron chi connectivity index (χ4n) is 3.36. The number of carbonyl (C=O) groups excluding carboxylic acids is 1. The summed E-state index contributed by atoms with van der Waals surface area (Å²) in [7, 11) is 0. The number of hydrogen-bond acceptors (Lipinski definition) is 4. The summed E-state index contributed by atoms with van der Waals surface area (Å²) in [6.45, 7) is 3.15. The lowest BCUT2D eigenvalue weighted by Gasteiger charge is -2.30. The molecule has 1 aromatic rings. The van der Waals surface area contributed by atoms with Crippen molar-refractivity contribution in [2.75, 3.05) is 18.5 Å². The summed E-state index contributed by atoms with van der Waals surface area (Å²) in [6, 6.07) is 0.495. The van der Waals surface area contributed by atoms with E-state index in [2.05, 4.69) is 14.9 Å². The summed E-state index contributed by atoms with van der Waals surface area (Å²) >= 11 is 0. The van der Waals surface area contributed by atoms with E-state index >= 15 is 0 Å². The first-order valence-electron chi connectivity index (χ1n) is 7.29. The average Bonchev–Trinajstić information content (AvgIpc) is 3.07. The van der Waals surface area contributed by atoms with Crippen molar-refractivity contribution in [1.29, 1.82) is 0 Å². The van der Waals surface area contributed by atoms with Crippen LogP contribution in [0.15, 0.2) is 6.20 Å². The van der Waals surface area contributed by atoms with Crippen LogP contribution in [0.5, 0.6) is 0 Å². The quantitative estimate of drug-likeness (QED) is 0.852. The zero-order valence-electron chi connectivity index (χ0n) is 11.4. The van der Waals surface area contributed by atoms with Gasteiger partial charge < -0.3 is 14.6 Å². The van der Waals surface area contributed by atoms with Gasteiger partial charge in [0.1, 0.15) is 0 Å². The molecule has 1 N–H and O–H groups in total. The molecule has 0 amide bonds. The highest BCUT2D eigenvalue weighted by Gasteiger charge is 2.31. The molecular formula is C14H21N3O2. The molecule has 1 atom stereocenters. The van der Waals surface area contributed by atoms with Crippen LogP contribution in [-0.4, -0.2) is 28.7 Å². The van der Waals surface area contributed by atoms with E-state index in [1.165, 1.54) is 25.7 Å². The minimum absolute atomic E-state index is 0.323. The molecule has 0 aromatic carbocycles. The van der Waals surface area contributed by atoms with Crippen molar-refractivity contribution in [2.45, 2.75) is 45.1 Å². The second-order valence-corrected chi connectivity index (χ2v) is 5.40. The lowest BCUT2D eigenvalue weighted by molar-refractivity contribution is 0.0520. The topological polar surface area (TPSA) is 56.2 Å². The zero-order valence-corrected chi connectivity index (χ0v) is 11.4. The number of rotatable bonds is 3. The summed E-state index contributed by atoms with van der Waals surface area (Å²) in [5.41, 5.74) is 0.425. The van der Waals surface area contributed by atoms with E-state index in [4.69, 9.17) is 4.74 Å². The first kappa shape index (κ1) is 12.5. The highest BCUT2D eigenvalue weighted by atomic mass is 16.5. The van der Waals surface area contributed by atoms with Gasteiger partial charge >= 0.3 is 5.97 Å². The fraction of sp³-hybridized carbons (Fsp3) is 0.714. The second-order valence-electron chi connectivity index (χ2n) is 5.40. The maximum absolute atomic E-state index is 11.8. The molecule has 19 heavy (non-hydrogen) atoms. The molecule has 3 rings (SSSR count). The highest BCUT2D eigenvalue weighted by molar-refractivity contribution is 5.87. The molecule has 1 aliphatic heterocycles. The Kier molecular flexibility index (Phi) is 3.44. The molecule has 5 nitrogen and oxygen atoms in total. The van der Waals surface area contributed by atoms with Crippen LogP contribution in [0.3, 0.4) is 0 Å². The standard InChI is InChI=1S/C14H21N3O2/c1-2-19-13(18)11-9-17-12(10-5-3-4-6-10)7-8-15-14(17)16-11/h9-10,12H,2-8H2,1H3,(H,15,16). The highest BCUT2D eigenvalue weighted by Crippen LogP contribution is 2.39. The van der Waals surface area contributed by atoms with Crippen molar-refractivity contribution < 1.29 is 9.53 Å². The van der Waals surface area contributed by atoms with Crippen molar-refractivity contribution in [3.05, 3.63) is 11.9 Å². The van der Waals surface area contributed by atoms with E-state index in [0.717, 1.165) is 24.8 Å². The molecule has 5 heteroatoms. The number of nitrogens with one attached hydrogen (secondary N) is 1. The second kappa shape index (κ2) is 5.23. The number of carbonyl (C=O) groups is 1. The number of nitrogens with zero attached hydrogens (tertiary/aromatic N) is 2. The molecular weight excluding hydrogens is 242 g/mol. The van der Waals surface area contributed by atoms with E-state index in [1.807, 2.05) is 13.1 Å². The van der Waals surface area contributed by atoms with Crippen molar-refractivity contribution in [3.8, 4) is 0 Å². The third kappa shape index (κ3) is 2.33. The Labute approximate surface area is 113 Å². The normalized spacial score (nSPS) is 22.9. The molecule has 1 unspecified atom stereocenters. The van der Waals surface area contributed by atoms with Gasteiger partial charge in [-0.25, -0.2) is 9.78 Å². The lowest BCUT2D eigenvalue weighted by atomic mass is 9.94. The molecule has 0 spiro atoms. The lowest BCUT2D eigenvalue weighted by Crippen LogP contribution is -2.27. The summed E-state index contributed by atoms with van der Waals surface area (Å²) in [6.07, 6.45) is 8.26. The number of aromatic nitrogens is 2. The van der Waals surface area contributed by atoms with Crippen molar-refractivity contribution >= 4 is 11.9 Å². The van der Waals surface area contributed by atoms with Crippen LogP contribution in [0.2, 0.25) is 0 Å². The van der Waals surface area contributed by atoms with Gasteiger partial charge in [-0.1, -0.05) is 12.8 Å². The van der Waals surface area contributed by atoms with Crippen LogP contribution in [0, 0.1) is 5.92 Å². The smallest absolute Gasteiger partial charge is 0.358 e. The van der Waals surface area contributed by atoms with Gasteiger partial charge in [0.2, 0.25) is 5.95 Å². The third-order valence-electron chi connectivity index (χ3n) is 4.24. The van der Waals surface area contributed by atoms with Crippen LogP contribution in [0.25, 0.3) is 0 Å². The van der Waals surface area contributed by atoms with Crippen molar-refractivity contribution in [3.63, 3.8) is 0 Å². The van der Waals surface area contributed by atoms with Crippen LogP contribution < -0.4 is 5.32 Å². The molecule has 0 radical (unpaired) electrons. The van der Waals surface area contributed by atoms with E-state index in [1.54, 1.807) is 0 Å². The number of hydrogen-bond donors (Lipinski definition) is 1. The monoisotopic (exact) mass is 263 g/mol. The van der Waals surface area contributed by atoms with Gasteiger partial charge in [0.05, 0.1) is 6.61 Å². The molecule has 2 heterocycles. The number of ether oxygens (including phenoxy) is 1. The maximum Gasteiger partial charge on any atom is 0.358 e. The molecule has 0 bridgehead atoms. The van der Waals surface area contributed by atoms with Gasteiger partial charge in [-0.2, -0.15) is 0 Å². The van der Waals surface area contributed by atoms with Crippen LogP contribution in [0.1, 0.15) is 55.6 Å². The molecule has 1 fully saturated rings. The van der Waals surface area contributed by atoms with Gasteiger partial charge in [0.25, 0.3) is 0 Å². The Balaban J connectivity index is 1.85. The predicted molar refractivity (Wildman–Crippen MR) is 72.3 cm³/mol. The number of anilines is 1. The number of esters is 1. The van der Waals surface area contributed by atoms with Crippen molar-refractivity contribution in [1.82, 2.24) is 9.55 Å². The maximum atomic E-state index is 11.8. The van der Waals surface area contributed by atoms with Crippen LogP contribution in [0.4, 0.5) is 5.95 Å². The zero-order chi connectivity index (χ0) is 13.2. The number of fused-ring (bicyclic) bond motifs is 1. The number of imidazole rings is 1. The van der Waals surface area contributed by atoms with Gasteiger partial charge in [-0.3, -0.25) is 0 Å². The van der Waals surface area contributed by atoms with Gasteiger partial charge in [0, 0.05) is 18.8 Å². The Bertz CT molecular complexity index is 463. The fourth-order valence-corrected chi connectivity index (χ4v) is 3.36. The Hall–Kier alpha value is -1.52.